The molecule has 114 valence electrons. The zero-order valence-electron chi connectivity index (χ0n) is 11.7. The number of sulfone groups is 1. The van der Waals surface area contributed by atoms with Crippen molar-refractivity contribution in [2.45, 2.75) is 30.9 Å². The molecule has 1 atom stereocenters. The van der Waals surface area contributed by atoms with Crippen LogP contribution in [-0.2, 0) is 15.6 Å². The Hall–Kier alpha value is -1.80. The Morgan fingerprint density at radius 2 is 1.95 bits per heavy atom. The van der Waals surface area contributed by atoms with Crippen molar-refractivity contribution in [2.24, 2.45) is 11.7 Å². The van der Waals surface area contributed by atoms with Gasteiger partial charge in [-0.1, -0.05) is 37.1 Å². The summed E-state index contributed by atoms with van der Waals surface area (Å²) in [7, 11) is -3.91. The maximum Gasteiger partial charge on any atom is 0.335 e. The average Bonchev–Trinajstić information content (AvgIpc) is 2.90. The number of hydrogen-bond acceptors (Lipinski definition) is 6. The highest BCUT2D eigenvalue weighted by atomic mass is 32.2. The summed E-state index contributed by atoms with van der Waals surface area (Å²) in [5.74, 6) is -1.07. The van der Waals surface area contributed by atoms with Gasteiger partial charge in [0.1, 0.15) is 5.82 Å². The van der Waals surface area contributed by atoms with Crippen LogP contribution >= 0.6 is 0 Å². The summed E-state index contributed by atoms with van der Waals surface area (Å²) < 4.78 is 43.0. The summed E-state index contributed by atoms with van der Waals surface area (Å²) in [6, 6.07) is 5.08. The first-order valence-corrected chi connectivity index (χ1v) is 8.01. The third-order valence-electron chi connectivity index (χ3n) is 2.99. The quantitative estimate of drug-likeness (QED) is 0.904. The summed E-state index contributed by atoms with van der Waals surface area (Å²) in [6.07, 6.45) is 0. The molecule has 0 radical (unpaired) electrons. The molecule has 2 N–H and O–H groups in total. The van der Waals surface area contributed by atoms with Gasteiger partial charge in [0, 0.05) is 5.56 Å². The molecule has 0 amide bonds. The second-order valence-corrected chi connectivity index (χ2v) is 6.89. The lowest BCUT2D eigenvalue weighted by Crippen LogP contribution is -2.17. The van der Waals surface area contributed by atoms with E-state index in [0.717, 1.165) is 0 Å². The molecule has 0 spiro atoms. The fourth-order valence-corrected chi connectivity index (χ4v) is 2.79. The van der Waals surface area contributed by atoms with Crippen LogP contribution in [0.1, 0.15) is 31.3 Å². The van der Waals surface area contributed by atoms with E-state index in [1.807, 2.05) is 13.8 Å². The van der Waals surface area contributed by atoms with E-state index in [0.29, 0.717) is 0 Å². The van der Waals surface area contributed by atoms with Gasteiger partial charge in [0.25, 0.3) is 0 Å². The zero-order chi connectivity index (χ0) is 15.6. The van der Waals surface area contributed by atoms with Crippen molar-refractivity contribution in [3.05, 3.63) is 41.5 Å². The van der Waals surface area contributed by atoms with Crippen LogP contribution in [0.5, 0.6) is 0 Å². The maximum atomic E-state index is 13.5. The molecule has 6 nitrogen and oxygen atoms in total. The molecule has 21 heavy (non-hydrogen) atoms. The lowest BCUT2D eigenvalue weighted by atomic mass is 10.1. The number of nitrogens with two attached hydrogens (primary N) is 1. The number of rotatable bonds is 5. The van der Waals surface area contributed by atoms with Gasteiger partial charge in [0.05, 0.1) is 11.8 Å². The largest absolute Gasteiger partial charge is 0.411 e. The van der Waals surface area contributed by atoms with Gasteiger partial charge >= 0.3 is 5.22 Å². The smallest absolute Gasteiger partial charge is 0.335 e. The second-order valence-electron chi connectivity index (χ2n) is 5.03. The van der Waals surface area contributed by atoms with E-state index in [-0.39, 0.29) is 17.4 Å². The number of halogens is 1. The molecule has 1 aromatic carbocycles. The van der Waals surface area contributed by atoms with Crippen LogP contribution in [0.25, 0.3) is 0 Å². The molecule has 2 rings (SSSR count). The molecular formula is C13H16FN3O3S. The fraction of sp³-hybridized carbons (Fsp3) is 0.385. The third kappa shape index (κ3) is 3.45. The topological polar surface area (TPSA) is 99.1 Å². The Balaban J connectivity index is 2.27. The molecule has 1 aromatic heterocycles. The Labute approximate surface area is 122 Å². The second kappa shape index (κ2) is 5.90. The van der Waals surface area contributed by atoms with Gasteiger partial charge in [-0.05, 0) is 12.0 Å². The highest BCUT2D eigenvalue weighted by Crippen LogP contribution is 2.22. The van der Waals surface area contributed by atoms with E-state index in [4.69, 9.17) is 10.2 Å². The third-order valence-corrected chi connectivity index (χ3v) is 4.38. The first-order valence-electron chi connectivity index (χ1n) is 6.36. The molecule has 8 heteroatoms. The first-order chi connectivity index (χ1) is 9.81. The predicted octanol–water partition coefficient (Wildman–Crippen LogP) is 1.84. The van der Waals surface area contributed by atoms with E-state index in [9.17, 15) is 12.8 Å². The van der Waals surface area contributed by atoms with Crippen molar-refractivity contribution in [3.63, 3.8) is 0 Å². The van der Waals surface area contributed by atoms with Crippen molar-refractivity contribution in [1.82, 2.24) is 10.2 Å². The van der Waals surface area contributed by atoms with E-state index in [1.54, 1.807) is 6.07 Å². The van der Waals surface area contributed by atoms with Crippen LogP contribution in [-0.4, -0.2) is 18.6 Å². The van der Waals surface area contributed by atoms with Crippen LogP contribution in [0.15, 0.2) is 33.9 Å². The molecule has 0 bridgehead atoms. The van der Waals surface area contributed by atoms with Crippen LogP contribution in [0.4, 0.5) is 4.39 Å². The Bertz CT molecular complexity index is 728. The van der Waals surface area contributed by atoms with Crippen LogP contribution in [0.3, 0.4) is 0 Å². The summed E-state index contributed by atoms with van der Waals surface area (Å²) in [5, 5.41) is 6.62. The van der Waals surface area contributed by atoms with Gasteiger partial charge in [0.2, 0.25) is 15.7 Å². The van der Waals surface area contributed by atoms with Crippen LogP contribution in [0, 0.1) is 11.7 Å². The first kappa shape index (κ1) is 15.6. The van der Waals surface area contributed by atoms with E-state index >= 15 is 0 Å². The summed E-state index contributed by atoms with van der Waals surface area (Å²) in [4.78, 5) is 0. The Morgan fingerprint density at radius 3 is 2.57 bits per heavy atom. The van der Waals surface area contributed by atoms with Crippen molar-refractivity contribution < 1.29 is 17.2 Å². The van der Waals surface area contributed by atoms with Gasteiger partial charge in [-0.15, -0.1) is 5.10 Å². The highest BCUT2D eigenvalue weighted by molar-refractivity contribution is 7.90. The lowest BCUT2D eigenvalue weighted by Gasteiger charge is -2.09. The molecule has 2 aromatic rings. The van der Waals surface area contributed by atoms with E-state index < -0.39 is 32.7 Å². The van der Waals surface area contributed by atoms with Gasteiger partial charge in [-0.2, -0.15) is 0 Å². The molecule has 0 aliphatic carbocycles. The van der Waals surface area contributed by atoms with E-state index in [2.05, 4.69) is 10.2 Å². The van der Waals surface area contributed by atoms with Gasteiger partial charge in [0.15, 0.2) is 0 Å². The molecule has 0 fully saturated rings. The normalized spacial score (nSPS) is 13.6. The lowest BCUT2D eigenvalue weighted by molar-refractivity contribution is 0.341. The molecular weight excluding hydrogens is 297 g/mol. The van der Waals surface area contributed by atoms with Crippen LogP contribution in [0.2, 0.25) is 0 Å². The monoisotopic (exact) mass is 313 g/mol. The van der Waals surface area contributed by atoms with Crippen LogP contribution < -0.4 is 5.73 Å². The predicted molar refractivity (Wildman–Crippen MR) is 73.4 cm³/mol. The van der Waals surface area contributed by atoms with Crippen molar-refractivity contribution in [1.29, 1.82) is 0 Å². The maximum absolute atomic E-state index is 13.5. The van der Waals surface area contributed by atoms with Gasteiger partial charge in [-0.25, -0.2) is 12.8 Å². The average molecular weight is 313 g/mol. The SMILES string of the molecule is CC(C)C(N)c1nnc(S(=O)(=O)Cc2ccccc2F)o1. The molecule has 1 unspecified atom stereocenters. The standard InChI is InChI=1S/C13H16FN3O3S/c1-8(2)11(15)12-16-17-13(20-12)21(18,19)7-9-5-3-4-6-10(9)14/h3-6,8,11H,7,15H2,1-2H3. The highest BCUT2D eigenvalue weighted by Gasteiger charge is 2.26. The minimum absolute atomic E-state index is 0.0209. The van der Waals surface area contributed by atoms with Gasteiger partial charge in [-0.3, -0.25) is 0 Å². The summed E-state index contributed by atoms with van der Waals surface area (Å²) in [5.41, 5.74) is 5.87. The van der Waals surface area contributed by atoms with Crippen molar-refractivity contribution >= 4 is 9.84 Å². The summed E-state index contributed by atoms with van der Waals surface area (Å²) >= 11 is 0. The van der Waals surface area contributed by atoms with E-state index in [1.165, 1.54) is 18.2 Å². The molecule has 1 heterocycles. The van der Waals surface area contributed by atoms with Gasteiger partial charge < -0.3 is 10.2 Å². The number of hydrogen-bond donors (Lipinski definition) is 1. The molecule has 0 saturated carbocycles. The minimum atomic E-state index is -3.91. The Kier molecular flexibility index (Phi) is 4.38. The fourth-order valence-electron chi connectivity index (χ4n) is 1.65. The molecule has 0 aliphatic rings. The minimum Gasteiger partial charge on any atom is -0.411 e. The molecule has 0 aliphatic heterocycles. The van der Waals surface area contributed by atoms with Crippen molar-refractivity contribution in [2.75, 3.05) is 0 Å². The van der Waals surface area contributed by atoms with Crippen molar-refractivity contribution in [3.8, 4) is 0 Å². The number of aromatic nitrogens is 2. The molecule has 0 saturated heterocycles. The summed E-state index contributed by atoms with van der Waals surface area (Å²) in [6.45, 7) is 3.70. The number of nitrogens with zero attached hydrogens (tertiary/aromatic N) is 2. The zero-order valence-corrected chi connectivity index (χ0v) is 12.5. The number of benzene rings is 1. The Morgan fingerprint density at radius 1 is 1.29 bits per heavy atom.